The molecule has 2 aromatic carbocycles. The Kier molecular flexibility index (Phi) is 12.3. The lowest BCUT2D eigenvalue weighted by atomic mass is 10.1. The van der Waals surface area contributed by atoms with Gasteiger partial charge in [0.2, 0.25) is 10.0 Å². The third kappa shape index (κ3) is 10.3. The molecule has 6 nitrogen and oxygen atoms in total. The number of hydrogen-bond acceptors (Lipinski definition) is 4. The Hall–Kier alpha value is -1.30. The molecule has 2 aromatic rings. The van der Waals surface area contributed by atoms with E-state index in [1.807, 2.05) is 49.4 Å². The maximum atomic E-state index is 11.6. The zero-order chi connectivity index (χ0) is 20.2. The predicted molar refractivity (Wildman–Crippen MR) is 134 cm³/mol. The monoisotopic (exact) mass is 548 g/mol. The van der Waals surface area contributed by atoms with Crippen LogP contribution in [0, 0.1) is 0 Å². The van der Waals surface area contributed by atoms with Crippen molar-refractivity contribution in [2.24, 2.45) is 4.99 Å². The highest BCUT2D eigenvalue weighted by Gasteiger charge is 2.08. The minimum Gasteiger partial charge on any atom is -0.357 e. The van der Waals surface area contributed by atoms with Crippen molar-refractivity contribution in [3.05, 3.63) is 65.7 Å². The molecule has 0 aromatic heterocycles. The van der Waals surface area contributed by atoms with Crippen LogP contribution in [-0.4, -0.2) is 40.3 Å². The highest BCUT2D eigenvalue weighted by molar-refractivity contribution is 14.0. The van der Waals surface area contributed by atoms with E-state index in [1.165, 1.54) is 11.9 Å². The van der Waals surface area contributed by atoms with E-state index >= 15 is 0 Å². The number of hydrogen-bond donors (Lipinski definition) is 3. The van der Waals surface area contributed by atoms with E-state index in [2.05, 4.69) is 32.5 Å². The van der Waals surface area contributed by atoms with Gasteiger partial charge in [0, 0.05) is 23.7 Å². The minimum atomic E-state index is -3.25. The Morgan fingerprint density at radius 2 is 1.66 bits per heavy atom. The van der Waals surface area contributed by atoms with Gasteiger partial charge in [0.05, 0.1) is 12.3 Å². The van der Waals surface area contributed by atoms with Gasteiger partial charge in [0.25, 0.3) is 0 Å². The maximum absolute atomic E-state index is 11.6. The van der Waals surface area contributed by atoms with Gasteiger partial charge in [-0.2, -0.15) is 0 Å². The van der Waals surface area contributed by atoms with Crippen LogP contribution in [0.3, 0.4) is 0 Å². The molecule has 0 aliphatic heterocycles. The van der Waals surface area contributed by atoms with Gasteiger partial charge in [-0.1, -0.05) is 42.5 Å². The van der Waals surface area contributed by atoms with Crippen LogP contribution in [-0.2, 0) is 22.3 Å². The largest absolute Gasteiger partial charge is 0.357 e. The molecule has 0 unspecified atom stereocenters. The summed E-state index contributed by atoms with van der Waals surface area (Å²) in [5.74, 6) is 1.71. The van der Waals surface area contributed by atoms with Crippen LogP contribution in [0.25, 0.3) is 0 Å². The first-order valence-corrected chi connectivity index (χ1v) is 11.9. The van der Waals surface area contributed by atoms with Gasteiger partial charge in [-0.25, -0.2) is 18.1 Å². The number of aliphatic imine (C=N–C) groups is 1. The van der Waals surface area contributed by atoms with Crippen LogP contribution in [0.15, 0.2) is 64.5 Å². The molecular formula is C20H29IN4O2S2. The Balaban J connectivity index is 0.00000420. The molecule has 0 aliphatic rings. The van der Waals surface area contributed by atoms with Crippen molar-refractivity contribution in [3.8, 4) is 0 Å². The fraction of sp³-hybridized carbons (Fsp3) is 0.350. The average Bonchev–Trinajstić information content (AvgIpc) is 2.71. The van der Waals surface area contributed by atoms with E-state index < -0.39 is 10.0 Å². The van der Waals surface area contributed by atoms with Gasteiger partial charge < -0.3 is 10.6 Å². The summed E-state index contributed by atoms with van der Waals surface area (Å²) in [7, 11) is -1.83. The lowest BCUT2D eigenvalue weighted by Gasteiger charge is -2.11. The normalized spacial score (nSPS) is 11.6. The minimum absolute atomic E-state index is 0. The topological polar surface area (TPSA) is 82.6 Å². The number of benzene rings is 2. The highest BCUT2D eigenvalue weighted by atomic mass is 127. The van der Waals surface area contributed by atoms with Gasteiger partial charge in [-0.3, -0.25) is 0 Å². The third-order valence-corrected chi connectivity index (χ3v) is 6.21. The molecule has 0 saturated heterocycles. The summed E-state index contributed by atoms with van der Waals surface area (Å²) < 4.78 is 25.5. The van der Waals surface area contributed by atoms with Crippen LogP contribution < -0.4 is 15.4 Å². The van der Waals surface area contributed by atoms with Crippen molar-refractivity contribution in [2.45, 2.75) is 24.1 Å². The zero-order valence-electron chi connectivity index (χ0n) is 16.7. The summed E-state index contributed by atoms with van der Waals surface area (Å²) in [6, 6.07) is 17.8. The van der Waals surface area contributed by atoms with Gasteiger partial charge in [-0.05, 0) is 37.2 Å². The Morgan fingerprint density at radius 1 is 1.00 bits per heavy atom. The molecule has 0 heterocycles. The Labute approximate surface area is 195 Å². The van der Waals surface area contributed by atoms with E-state index in [4.69, 9.17) is 0 Å². The number of sulfonamides is 1. The van der Waals surface area contributed by atoms with Crippen molar-refractivity contribution in [1.82, 2.24) is 15.4 Å². The molecule has 0 spiro atoms. The zero-order valence-corrected chi connectivity index (χ0v) is 20.7. The highest BCUT2D eigenvalue weighted by Crippen LogP contribution is 2.15. The first-order chi connectivity index (χ1) is 13.5. The van der Waals surface area contributed by atoms with E-state index in [-0.39, 0.29) is 29.7 Å². The molecule has 0 aliphatic carbocycles. The molecule has 9 heteroatoms. The van der Waals surface area contributed by atoms with Crippen molar-refractivity contribution in [3.63, 3.8) is 0 Å². The lowest BCUT2D eigenvalue weighted by Crippen LogP contribution is -2.38. The van der Waals surface area contributed by atoms with E-state index in [1.54, 1.807) is 11.8 Å². The summed E-state index contributed by atoms with van der Waals surface area (Å²) in [5.41, 5.74) is 1.78. The second-order valence-electron chi connectivity index (χ2n) is 6.06. The van der Waals surface area contributed by atoms with Gasteiger partial charge >= 0.3 is 0 Å². The lowest BCUT2D eigenvalue weighted by molar-refractivity contribution is 0.587. The molecule has 0 amide bonds. The maximum Gasteiger partial charge on any atom is 0.215 e. The van der Waals surface area contributed by atoms with E-state index in [0.29, 0.717) is 6.54 Å². The standard InChI is InChI=1S/C20H28N4O2S2.HI/c1-3-22-20(23-13-14-27-19-7-5-4-6-8-19)24-15-17-9-11-18(12-10-17)16-28(25,26)21-2;/h4-12,21H,3,13-16H2,1-2H3,(H2,22,23,24);1H. The van der Waals surface area contributed by atoms with Crippen molar-refractivity contribution < 1.29 is 8.42 Å². The molecule has 3 N–H and O–H groups in total. The first kappa shape index (κ1) is 25.7. The summed E-state index contributed by atoms with van der Waals surface area (Å²) in [6.07, 6.45) is 0. The molecule has 0 saturated carbocycles. The van der Waals surface area contributed by atoms with Crippen molar-refractivity contribution >= 4 is 51.7 Å². The van der Waals surface area contributed by atoms with E-state index in [9.17, 15) is 8.42 Å². The summed E-state index contributed by atoms with van der Waals surface area (Å²) in [5, 5.41) is 6.59. The number of nitrogens with zero attached hydrogens (tertiary/aromatic N) is 1. The average molecular weight is 549 g/mol. The third-order valence-electron chi connectivity index (χ3n) is 3.86. The second-order valence-corrected chi connectivity index (χ2v) is 9.16. The molecule has 0 bridgehead atoms. The molecular weight excluding hydrogens is 519 g/mol. The Morgan fingerprint density at radius 3 is 2.28 bits per heavy atom. The summed E-state index contributed by atoms with van der Waals surface area (Å²) in [6.45, 7) is 4.16. The smallest absolute Gasteiger partial charge is 0.215 e. The molecule has 29 heavy (non-hydrogen) atoms. The molecule has 0 atom stereocenters. The molecule has 2 rings (SSSR count). The van der Waals surface area contributed by atoms with E-state index in [0.717, 1.165) is 35.9 Å². The number of nitrogens with one attached hydrogen (secondary N) is 3. The van der Waals surface area contributed by atoms with Gasteiger partial charge in [0.15, 0.2) is 5.96 Å². The predicted octanol–water partition coefficient (Wildman–Crippen LogP) is 3.20. The number of guanidine groups is 1. The molecule has 160 valence electrons. The summed E-state index contributed by atoms with van der Waals surface area (Å²) >= 11 is 1.80. The van der Waals surface area contributed by atoms with Crippen molar-refractivity contribution in [1.29, 1.82) is 0 Å². The SMILES string of the molecule is CCNC(=NCc1ccc(CS(=O)(=O)NC)cc1)NCCSc1ccccc1.I. The molecule has 0 radical (unpaired) electrons. The fourth-order valence-corrected chi connectivity index (χ4v) is 3.96. The number of thioether (sulfide) groups is 1. The van der Waals surface area contributed by atoms with Crippen LogP contribution in [0.5, 0.6) is 0 Å². The van der Waals surface area contributed by atoms with Gasteiger partial charge in [0.1, 0.15) is 0 Å². The van der Waals surface area contributed by atoms with Crippen molar-refractivity contribution in [2.75, 3.05) is 25.9 Å². The summed E-state index contributed by atoms with van der Waals surface area (Å²) in [4.78, 5) is 5.86. The Bertz CT molecular complexity index is 845. The quantitative estimate of drug-likeness (QED) is 0.140. The second kappa shape index (κ2) is 13.8. The van der Waals surface area contributed by atoms with Crippen LogP contribution in [0.2, 0.25) is 0 Å². The fourth-order valence-electron chi connectivity index (χ4n) is 2.40. The van der Waals surface area contributed by atoms with Crippen LogP contribution in [0.4, 0.5) is 0 Å². The van der Waals surface area contributed by atoms with Crippen LogP contribution >= 0.6 is 35.7 Å². The molecule has 0 fully saturated rings. The van der Waals surface area contributed by atoms with Crippen LogP contribution in [0.1, 0.15) is 18.1 Å². The first-order valence-electron chi connectivity index (χ1n) is 9.21. The van der Waals surface area contributed by atoms with Gasteiger partial charge in [-0.15, -0.1) is 35.7 Å². The number of halogens is 1. The number of rotatable bonds is 10.